The first-order chi connectivity index (χ1) is 8.19. The average Bonchev–Trinajstić information content (AvgIpc) is 2.37. The topological polar surface area (TPSA) is 48.4 Å². The van der Waals surface area contributed by atoms with Gasteiger partial charge < -0.3 is 9.47 Å². The summed E-state index contributed by atoms with van der Waals surface area (Å²) in [5.41, 5.74) is 2.15. The molecule has 2 aromatic rings. The highest BCUT2D eigenvalue weighted by Crippen LogP contribution is 2.29. The number of carbonyl (C=O) groups is 1. The Balaban J connectivity index is 2.87. The molecule has 2 rings (SSSR count). The number of hydrogen-bond acceptors (Lipinski definition) is 4. The third-order valence-electron chi connectivity index (χ3n) is 2.69. The molecule has 0 aliphatic rings. The zero-order valence-electron chi connectivity index (χ0n) is 9.98. The lowest BCUT2D eigenvalue weighted by Crippen LogP contribution is -2.06. The predicted molar refractivity (Wildman–Crippen MR) is 64.4 cm³/mol. The first-order valence-corrected chi connectivity index (χ1v) is 5.19. The standard InChI is InChI=1S/C13H13NO3/c1-8-6-7-14-9-4-5-10(16-2)12(11(8)9)13(15)17-3/h4-7H,1-3H3. The van der Waals surface area contributed by atoms with E-state index in [9.17, 15) is 4.79 Å². The van der Waals surface area contributed by atoms with Gasteiger partial charge in [-0.1, -0.05) is 0 Å². The lowest BCUT2D eigenvalue weighted by molar-refractivity contribution is 0.0599. The summed E-state index contributed by atoms with van der Waals surface area (Å²) >= 11 is 0. The van der Waals surface area contributed by atoms with Crippen LogP contribution in [0.4, 0.5) is 0 Å². The number of rotatable bonds is 2. The molecule has 0 fully saturated rings. The van der Waals surface area contributed by atoms with E-state index in [1.54, 1.807) is 12.3 Å². The van der Waals surface area contributed by atoms with E-state index in [2.05, 4.69) is 4.98 Å². The van der Waals surface area contributed by atoms with Crippen molar-refractivity contribution < 1.29 is 14.3 Å². The van der Waals surface area contributed by atoms with Crippen LogP contribution in [0.2, 0.25) is 0 Å². The van der Waals surface area contributed by atoms with Crippen molar-refractivity contribution >= 4 is 16.9 Å². The molecule has 0 aliphatic heterocycles. The number of fused-ring (bicyclic) bond motifs is 1. The van der Waals surface area contributed by atoms with E-state index in [0.717, 1.165) is 16.5 Å². The summed E-state index contributed by atoms with van der Waals surface area (Å²) in [4.78, 5) is 16.1. The SMILES string of the molecule is COC(=O)c1c(OC)ccc2nccc(C)c12. The van der Waals surface area contributed by atoms with Crippen molar-refractivity contribution in [2.75, 3.05) is 14.2 Å². The van der Waals surface area contributed by atoms with Crippen molar-refractivity contribution in [1.29, 1.82) is 0 Å². The summed E-state index contributed by atoms with van der Waals surface area (Å²) in [5.74, 6) is 0.0870. The first-order valence-electron chi connectivity index (χ1n) is 5.19. The highest BCUT2D eigenvalue weighted by Gasteiger charge is 2.18. The Bertz CT molecular complexity index is 578. The van der Waals surface area contributed by atoms with Gasteiger partial charge in [-0.3, -0.25) is 4.98 Å². The van der Waals surface area contributed by atoms with E-state index in [-0.39, 0.29) is 0 Å². The minimum atomic E-state index is -0.413. The third kappa shape index (κ3) is 1.82. The maximum absolute atomic E-state index is 11.8. The van der Waals surface area contributed by atoms with E-state index in [4.69, 9.17) is 9.47 Å². The Morgan fingerprint density at radius 3 is 2.65 bits per heavy atom. The van der Waals surface area contributed by atoms with Crippen molar-refractivity contribution in [1.82, 2.24) is 4.98 Å². The van der Waals surface area contributed by atoms with Gasteiger partial charge >= 0.3 is 5.97 Å². The number of carbonyl (C=O) groups excluding carboxylic acids is 1. The zero-order valence-corrected chi connectivity index (χ0v) is 9.98. The van der Waals surface area contributed by atoms with Gasteiger partial charge in [-0.25, -0.2) is 4.79 Å². The van der Waals surface area contributed by atoms with Gasteiger partial charge in [-0.15, -0.1) is 0 Å². The Morgan fingerprint density at radius 1 is 1.24 bits per heavy atom. The molecule has 1 heterocycles. The summed E-state index contributed by atoms with van der Waals surface area (Å²) in [6, 6.07) is 5.41. The van der Waals surface area contributed by atoms with Gasteiger partial charge in [0.15, 0.2) is 0 Å². The van der Waals surface area contributed by atoms with E-state index in [1.807, 2.05) is 19.1 Å². The van der Waals surface area contributed by atoms with Crippen molar-refractivity contribution in [3.8, 4) is 5.75 Å². The Morgan fingerprint density at radius 2 is 2.00 bits per heavy atom. The van der Waals surface area contributed by atoms with Crippen molar-refractivity contribution in [3.05, 3.63) is 35.5 Å². The molecule has 1 aromatic carbocycles. The molecule has 1 aromatic heterocycles. The normalized spacial score (nSPS) is 10.3. The Hall–Kier alpha value is -2.10. The lowest BCUT2D eigenvalue weighted by atomic mass is 10.0. The predicted octanol–water partition coefficient (Wildman–Crippen LogP) is 2.34. The second-order valence-corrected chi connectivity index (χ2v) is 3.66. The molecule has 0 unspecified atom stereocenters. The van der Waals surface area contributed by atoms with Crippen molar-refractivity contribution in [3.63, 3.8) is 0 Å². The van der Waals surface area contributed by atoms with Gasteiger partial charge in [0.2, 0.25) is 0 Å². The summed E-state index contributed by atoms with van der Waals surface area (Å²) in [6.45, 7) is 1.93. The maximum Gasteiger partial charge on any atom is 0.342 e. The summed E-state index contributed by atoms with van der Waals surface area (Å²) in [6.07, 6.45) is 1.71. The van der Waals surface area contributed by atoms with E-state index in [0.29, 0.717) is 11.3 Å². The molecular weight excluding hydrogens is 218 g/mol. The van der Waals surface area contributed by atoms with Crippen LogP contribution >= 0.6 is 0 Å². The quantitative estimate of drug-likeness (QED) is 0.744. The molecule has 17 heavy (non-hydrogen) atoms. The summed E-state index contributed by atoms with van der Waals surface area (Å²) < 4.78 is 10.00. The van der Waals surface area contributed by atoms with Crippen LogP contribution in [0.5, 0.6) is 5.75 Å². The number of nitrogens with zero attached hydrogens (tertiary/aromatic N) is 1. The molecule has 4 heteroatoms. The average molecular weight is 231 g/mol. The van der Waals surface area contributed by atoms with Crippen LogP contribution in [0.3, 0.4) is 0 Å². The van der Waals surface area contributed by atoms with Crippen LogP contribution in [0.25, 0.3) is 10.9 Å². The number of aryl methyl sites for hydroxylation is 1. The smallest absolute Gasteiger partial charge is 0.342 e. The van der Waals surface area contributed by atoms with Crippen LogP contribution < -0.4 is 4.74 Å². The van der Waals surface area contributed by atoms with E-state index >= 15 is 0 Å². The zero-order chi connectivity index (χ0) is 12.4. The highest BCUT2D eigenvalue weighted by atomic mass is 16.5. The Labute approximate surface area is 99.2 Å². The molecule has 0 atom stereocenters. The minimum absolute atomic E-state index is 0.413. The first kappa shape index (κ1) is 11.4. The molecule has 0 amide bonds. The molecule has 0 saturated carbocycles. The fraction of sp³-hybridized carbons (Fsp3) is 0.231. The van der Waals surface area contributed by atoms with E-state index in [1.165, 1.54) is 14.2 Å². The maximum atomic E-state index is 11.8. The largest absolute Gasteiger partial charge is 0.496 e. The molecule has 0 radical (unpaired) electrons. The van der Waals surface area contributed by atoms with Crippen LogP contribution in [0.15, 0.2) is 24.4 Å². The minimum Gasteiger partial charge on any atom is -0.496 e. The number of pyridine rings is 1. The number of aromatic nitrogens is 1. The van der Waals surface area contributed by atoms with Gasteiger partial charge in [0.1, 0.15) is 11.3 Å². The fourth-order valence-corrected chi connectivity index (χ4v) is 1.87. The van der Waals surface area contributed by atoms with Gasteiger partial charge in [0.05, 0.1) is 19.7 Å². The van der Waals surface area contributed by atoms with E-state index < -0.39 is 5.97 Å². The second kappa shape index (κ2) is 4.41. The second-order valence-electron chi connectivity index (χ2n) is 3.66. The molecule has 4 nitrogen and oxygen atoms in total. The number of methoxy groups -OCH3 is 2. The molecule has 0 bridgehead atoms. The highest BCUT2D eigenvalue weighted by molar-refractivity contribution is 6.07. The van der Waals surface area contributed by atoms with Crippen LogP contribution in [0, 0.1) is 6.92 Å². The fourth-order valence-electron chi connectivity index (χ4n) is 1.87. The lowest BCUT2D eigenvalue weighted by Gasteiger charge is -2.11. The van der Waals surface area contributed by atoms with Gasteiger partial charge in [0, 0.05) is 11.6 Å². The summed E-state index contributed by atoms with van der Waals surface area (Å²) in [5, 5.41) is 0.777. The molecule has 0 N–H and O–H groups in total. The van der Waals surface area contributed by atoms with Gasteiger partial charge in [0.25, 0.3) is 0 Å². The van der Waals surface area contributed by atoms with Crippen LogP contribution in [-0.4, -0.2) is 25.2 Å². The molecule has 0 spiro atoms. The van der Waals surface area contributed by atoms with Crippen molar-refractivity contribution in [2.45, 2.75) is 6.92 Å². The van der Waals surface area contributed by atoms with Crippen LogP contribution in [-0.2, 0) is 4.74 Å². The molecule has 88 valence electrons. The van der Waals surface area contributed by atoms with Gasteiger partial charge in [-0.2, -0.15) is 0 Å². The van der Waals surface area contributed by atoms with Crippen LogP contribution in [0.1, 0.15) is 15.9 Å². The number of hydrogen-bond donors (Lipinski definition) is 0. The van der Waals surface area contributed by atoms with Gasteiger partial charge in [-0.05, 0) is 30.7 Å². The monoisotopic (exact) mass is 231 g/mol. The number of esters is 1. The summed E-state index contributed by atoms with van der Waals surface area (Å²) in [7, 11) is 2.88. The molecule has 0 aliphatic carbocycles. The molecule has 0 saturated heterocycles. The Kier molecular flexibility index (Phi) is 2.95. The number of benzene rings is 1. The third-order valence-corrected chi connectivity index (χ3v) is 2.69. The molecular formula is C13H13NO3. The van der Waals surface area contributed by atoms with Crippen molar-refractivity contribution in [2.24, 2.45) is 0 Å². The number of ether oxygens (including phenoxy) is 2.